The van der Waals surface area contributed by atoms with E-state index >= 15 is 0 Å². The summed E-state index contributed by atoms with van der Waals surface area (Å²) in [5, 5.41) is 9.49. The Labute approximate surface area is 236 Å². The molecule has 9 nitrogen and oxygen atoms in total. The number of likely N-dealkylation sites (tertiary alicyclic amines) is 1. The van der Waals surface area contributed by atoms with Crippen LogP contribution in [0.3, 0.4) is 0 Å². The Morgan fingerprint density at radius 1 is 1.23 bits per heavy atom. The summed E-state index contributed by atoms with van der Waals surface area (Å²) in [6, 6.07) is 11.1. The molecule has 2 fully saturated rings. The molecule has 0 bridgehead atoms. The molecule has 1 aromatic carbocycles. The summed E-state index contributed by atoms with van der Waals surface area (Å²) in [6.45, 7) is 6.98. The van der Waals surface area contributed by atoms with Crippen LogP contribution in [0, 0.1) is 11.3 Å². The number of hydrogen-bond donors (Lipinski definition) is 0. The molecule has 3 aliphatic heterocycles. The van der Waals surface area contributed by atoms with E-state index in [1.807, 2.05) is 6.07 Å². The van der Waals surface area contributed by atoms with Crippen LogP contribution < -0.4 is 14.4 Å². The lowest BCUT2D eigenvalue weighted by atomic mass is 9.77. The second kappa shape index (κ2) is 11.1. The first-order valence-electron chi connectivity index (χ1n) is 14.5. The van der Waals surface area contributed by atoms with Crippen LogP contribution in [-0.2, 0) is 24.1 Å². The van der Waals surface area contributed by atoms with E-state index in [2.05, 4.69) is 47.7 Å². The van der Waals surface area contributed by atoms with Crippen LogP contribution in [-0.4, -0.2) is 83.2 Å². The molecule has 1 spiro atoms. The van der Waals surface area contributed by atoms with Crippen LogP contribution in [0.25, 0.3) is 0 Å². The molecule has 1 aromatic heterocycles. The molecular weight excluding hydrogens is 504 g/mol. The Bertz CT molecular complexity index is 1320. The fraction of sp³-hybridized carbons (Fsp3) is 0.548. The van der Waals surface area contributed by atoms with E-state index < -0.39 is 0 Å². The van der Waals surface area contributed by atoms with Crippen molar-refractivity contribution in [1.29, 1.82) is 5.26 Å². The molecule has 210 valence electrons. The zero-order valence-corrected chi connectivity index (χ0v) is 23.3. The lowest BCUT2D eigenvalue weighted by molar-refractivity contribution is -0.128. The number of aryl methyl sites for hydroxylation is 1. The lowest BCUT2D eigenvalue weighted by Gasteiger charge is -2.44. The maximum Gasteiger partial charge on any atom is 0.318 e. The number of ether oxygens (including phenoxy) is 2. The third-order valence-electron chi connectivity index (χ3n) is 9.16. The highest BCUT2D eigenvalue weighted by atomic mass is 16.5. The second-order valence-electron chi connectivity index (χ2n) is 11.6. The van der Waals surface area contributed by atoms with Crippen molar-refractivity contribution in [3.8, 4) is 17.8 Å². The first kappa shape index (κ1) is 26.6. The number of carbonyl (C=O) groups excluding carboxylic acids is 1. The number of amides is 1. The first-order chi connectivity index (χ1) is 19.5. The largest absolute Gasteiger partial charge is 0.487 e. The number of aromatic nitrogens is 2. The van der Waals surface area contributed by atoms with Gasteiger partial charge in [0.25, 0.3) is 0 Å². The Balaban J connectivity index is 1.30. The number of nitriles is 1. The van der Waals surface area contributed by atoms with Gasteiger partial charge in [-0.25, -0.2) is 0 Å². The van der Waals surface area contributed by atoms with Crippen molar-refractivity contribution >= 4 is 11.7 Å². The number of likely N-dealkylation sites (N-methyl/N-ethyl adjacent to an activating group) is 1. The normalized spacial score (nSPS) is 26.0. The summed E-state index contributed by atoms with van der Waals surface area (Å²) in [5.41, 5.74) is 3.11. The van der Waals surface area contributed by atoms with Gasteiger partial charge in [0, 0.05) is 37.7 Å². The molecule has 4 heterocycles. The van der Waals surface area contributed by atoms with E-state index in [0.717, 1.165) is 61.5 Å². The fourth-order valence-corrected chi connectivity index (χ4v) is 6.82. The molecule has 0 radical (unpaired) electrons. The minimum atomic E-state index is -0.283. The quantitative estimate of drug-likeness (QED) is 0.513. The van der Waals surface area contributed by atoms with E-state index in [4.69, 9.17) is 19.4 Å². The predicted octanol–water partition coefficient (Wildman–Crippen LogP) is 3.32. The summed E-state index contributed by atoms with van der Waals surface area (Å²) >= 11 is 0. The van der Waals surface area contributed by atoms with Crippen LogP contribution in [0.4, 0.5) is 5.82 Å². The van der Waals surface area contributed by atoms with Gasteiger partial charge in [-0.05, 0) is 69.8 Å². The van der Waals surface area contributed by atoms with E-state index in [1.165, 1.54) is 18.1 Å². The average molecular weight is 543 g/mol. The van der Waals surface area contributed by atoms with E-state index in [9.17, 15) is 10.1 Å². The number of benzene rings is 1. The summed E-state index contributed by atoms with van der Waals surface area (Å²) in [7, 11) is 2.14. The van der Waals surface area contributed by atoms with Gasteiger partial charge >= 0.3 is 6.01 Å². The molecule has 0 N–H and O–H groups in total. The molecule has 0 saturated carbocycles. The van der Waals surface area contributed by atoms with Crippen LogP contribution >= 0.6 is 0 Å². The van der Waals surface area contributed by atoms with Crippen molar-refractivity contribution in [2.45, 2.75) is 69.1 Å². The van der Waals surface area contributed by atoms with Gasteiger partial charge in [-0.3, -0.25) is 4.79 Å². The van der Waals surface area contributed by atoms with Gasteiger partial charge in [-0.15, -0.1) is 0 Å². The van der Waals surface area contributed by atoms with Gasteiger partial charge in [-0.1, -0.05) is 24.8 Å². The van der Waals surface area contributed by atoms with Gasteiger partial charge in [0.2, 0.25) is 5.91 Å². The average Bonchev–Trinajstić information content (AvgIpc) is 3.39. The number of anilines is 1. The highest BCUT2D eigenvalue weighted by Crippen LogP contribution is 2.43. The van der Waals surface area contributed by atoms with Gasteiger partial charge in [0.15, 0.2) is 0 Å². The third-order valence-corrected chi connectivity index (χ3v) is 9.16. The molecule has 2 saturated heterocycles. The minimum Gasteiger partial charge on any atom is -0.487 e. The third kappa shape index (κ3) is 5.13. The summed E-state index contributed by atoms with van der Waals surface area (Å²) in [6.07, 6.45) is 8.26. The number of hydrogen-bond acceptors (Lipinski definition) is 8. The van der Waals surface area contributed by atoms with Crippen LogP contribution in [0.2, 0.25) is 0 Å². The maximum absolute atomic E-state index is 12.5. The molecule has 40 heavy (non-hydrogen) atoms. The van der Waals surface area contributed by atoms with Gasteiger partial charge in [0.05, 0.1) is 24.2 Å². The van der Waals surface area contributed by atoms with E-state index in [1.54, 1.807) is 4.90 Å². The summed E-state index contributed by atoms with van der Waals surface area (Å²) in [5.74, 6) is 1.72. The Kier molecular flexibility index (Phi) is 7.37. The van der Waals surface area contributed by atoms with Crippen LogP contribution in [0.15, 0.2) is 36.9 Å². The fourth-order valence-electron chi connectivity index (χ4n) is 6.82. The van der Waals surface area contributed by atoms with Gasteiger partial charge in [0.1, 0.15) is 23.8 Å². The second-order valence-corrected chi connectivity index (χ2v) is 11.6. The first-order valence-corrected chi connectivity index (χ1v) is 14.5. The molecular formula is C31H38N6O3. The minimum absolute atomic E-state index is 0.133. The van der Waals surface area contributed by atoms with Crippen molar-refractivity contribution in [2.75, 3.05) is 44.7 Å². The Morgan fingerprint density at radius 3 is 2.88 bits per heavy atom. The van der Waals surface area contributed by atoms with Crippen molar-refractivity contribution in [3.63, 3.8) is 0 Å². The van der Waals surface area contributed by atoms with Gasteiger partial charge in [-0.2, -0.15) is 15.2 Å². The number of piperazine rings is 1. The Hall–Kier alpha value is -3.64. The van der Waals surface area contributed by atoms with Gasteiger partial charge < -0.3 is 24.2 Å². The van der Waals surface area contributed by atoms with E-state index in [0.29, 0.717) is 44.7 Å². The lowest BCUT2D eigenvalue weighted by Crippen LogP contribution is -2.55. The Morgan fingerprint density at radius 2 is 2.08 bits per heavy atom. The monoisotopic (exact) mass is 542 g/mol. The van der Waals surface area contributed by atoms with E-state index in [-0.39, 0.29) is 24.0 Å². The highest BCUT2D eigenvalue weighted by molar-refractivity contribution is 5.87. The standard InChI is InChI=1S/C31H38N6O3/c1-3-28(38)37-18-17-36(20-23(37)12-15-32)29-25-11-14-31(13-10-22-7-4-5-9-27(22)40-31)19-26(25)33-30(34-29)39-21-24-8-6-16-35(24)2/h3-5,7,9,23-24H,1,6,8,10-14,16-21H2,2H3. The summed E-state index contributed by atoms with van der Waals surface area (Å²) in [4.78, 5) is 28.8. The zero-order chi connectivity index (χ0) is 27.7. The van der Waals surface area contributed by atoms with Crippen LogP contribution in [0.1, 0.15) is 48.9 Å². The number of rotatable bonds is 6. The molecule has 4 aliphatic rings. The predicted molar refractivity (Wildman–Crippen MR) is 151 cm³/mol. The molecule has 6 rings (SSSR count). The van der Waals surface area contributed by atoms with Crippen molar-refractivity contribution in [1.82, 2.24) is 19.8 Å². The topological polar surface area (TPSA) is 94.8 Å². The molecule has 9 heteroatoms. The number of nitrogens with zero attached hydrogens (tertiary/aromatic N) is 6. The van der Waals surface area contributed by atoms with Crippen LogP contribution in [0.5, 0.6) is 11.8 Å². The number of carbonyl (C=O) groups is 1. The molecule has 3 atom stereocenters. The van der Waals surface area contributed by atoms with Crippen molar-refractivity contribution < 1.29 is 14.3 Å². The molecule has 1 aliphatic carbocycles. The zero-order valence-electron chi connectivity index (χ0n) is 23.3. The SMILES string of the molecule is C=CC(=O)N1CCN(c2nc(OCC3CCCN3C)nc3c2CCC2(CCc4ccccc4O2)C3)CC1CC#N. The number of para-hydroxylation sites is 1. The maximum atomic E-state index is 12.5. The summed E-state index contributed by atoms with van der Waals surface area (Å²) < 4.78 is 13.0. The number of fused-ring (bicyclic) bond motifs is 2. The van der Waals surface area contributed by atoms with Crippen molar-refractivity contribution in [3.05, 3.63) is 53.7 Å². The molecule has 1 amide bonds. The highest BCUT2D eigenvalue weighted by Gasteiger charge is 2.42. The molecule has 2 aromatic rings. The molecule has 3 unspecified atom stereocenters. The smallest absolute Gasteiger partial charge is 0.318 e. The van der Waals surface area contributed by atoms with Crippen molar-refractivity contribution in [2.24, 2.45) is 0 Å².